The van der Waals surface area contributed by atoms with Crippen LogP contribution in [0.2, 0.25) is 0 Å². The Kier molecular flexibility index (Phi) is 14.2. The second kappa shape index (κ2) is 18.1. The van der Waals surface area contributed by atoms with Crippen LogP contribution in [0.25, 0.3) is 44.4 Å². The zero-order valence-corrected chi connectivity index (χ0v) is 30.8. The number of hydrogen-bond acceptors (Lipinski definition) is 8. The molecule has 0 saturated carbocycles. The van der Waals surface area contributed by atoms with Crippen molar-refractivity contribution in [2.24, 2.45) is 11.5 Å². The van der Waals surface area contributed by atoms with Crippen molar-refractivity contribution >= 4 is 69.1 Å². The normalized spacial score (nSPS) is 13.4. The number of primary amides is 2. The van der Waals surface area contributed by atoms with Gasteiger partial charge in [0.05, 0.1) is 35.0 Å². The van der Waals surface area contributed by atoms with E-state index in [9.17, 15) is 19.8 Å². The molecule has 2 atom stereocenters. The Morgan fingerprint density at radius 1 is 0.712 bits per heavy atom. The summed E-state index contributed by atoms with van der Waals surface area (Å²) in [5.74, 6) is -1.77. The van der Waals surface area contributed by atoms with Crippen molar-refractivity contribution in [2.75, 3.05) is 14.2 Å². The number of nitrogens with two attached hydrogens (primary N) is 2. The fourth-order valence-electron chi connectivity index (χ4n) is 6.52. The first kappa shape index (κ1) is 40.8. The molecule has 8 N–H and O–H groups in total. The minimum atomic E-state index is -0.887. The molecule has 14 heteroatoms. The average Bonchev–Trinajstić information content (AvgIpc) is 3.76. The molecule has 0 spiro atoms. The van der Waals surface area contributed by atoms with Crippen molar-refractivity contribution in [2.45, 2.75) is 79.4 Å². The van der Waals surface area contributed by atoms with Gasteiger partial charge in [-0.15, -0.1) is 0 Å². The topological polar surface area (TPSA) is 237 Å². The molecule has 0 fully saturated rings. The minimum absolute atomic E-state index is 0.0351. The molecule has 14 nitrogen and oxygen atoms in total. The molecule has 5 heterocycles. The fourth-order valence-corrected chi connectivity index (χ4v) is 6.52. The highest BCUT2D eigenvalue weighted by molar-refractivity contribution is 5.96. The third-order valence-electron chi connectivity index (χ3n) is 9.33. The highest BCUT2D eigenvalue weighted by atomic mass is 16.5. The first-order valence-corrected chi connectivity index (χ1v) is 16.6. The first-order valence-electron chi connectivity index (χ1n) is 16.6. The van der Waals surface area contributed by atoms with Gasteiger partial charge in [0.2, 0.25) is 12.8 Å². The molecular weight excluding hydrogens is 668 g/mol. The molecule has 3 aromatic rings. The number of carbonyl (C=O) groups is 4. The van der Waals surface area contributed by atoms with Gasteiger partial charge in [0.1, 0.15) is 0 Å². The number of carbonyl (C=O) groups excluding carboxylic acids is 2. The number of H-pyrrole nitrogens is 2. The number of allylic oxidation sites excluding steroid dienone is 3. The predicted octanol–water partition coefficient (Wildman–Crippen LogP) is 5.62. The summed E-state index contributed by atoms with van der Waals surface area (Å²) >= 11 is 0. The fraction of sp³-hybridized carbons (Fsp3) is 0.368. The van der Waals surface area contributed by atoms with Crippen LogP contribution < -0.4 is 11.5 Å². The van der Waals surface area contributed by atoms with Crippen LogP contribution in [-0.4, -0.2) is 75.2 Å². The van der Waals surface area contributed by atoms with E-state index >= 15 is 0 Å². The van der Waals surface area contributed by atoms with Crippen LogP contribution in [-0.2, 0) is 35.1 Å². The monoisotopic (exact) mass is 716 g/mol. The summed E-state index contributed by atoms with van der Waals surface area (Å²) in [5.41, 5.74) is 22.1. The molecule has 278 valence electrons. The maximum Gasteiger partial charge on any atom is 0.303 e. The molecular formula is C38H48N6O8. The number of amides is 2. The number of aromatic nitrogens is 4. The largest absolute Gasteiger partial charge is 0.481 e. The van der Waals surface area contributed by atoms with Crippen molar-refractivity contribution in [3.63, 3.8) is 0 Å². The van der Waals surface area contributed by atoms with E-state index in [2.05, 4.69) is 28.4 Å². The van der Waals surface area contributed by atoms with Crippen LogP contribution in [0.3, 0.4) is 0 Å². The second-order valence-electron chi connectivity index (χ2n) is 12.3. The number of aromatic amines is 2. The standard InChI is InChI=1S/C36H42N4O6.2CH3NO/c1-17-23(9-11-33(41)42)29-16-30-24(10-12-34(43)44)18(2)26(38-30)14-31-36(22(6)46-8)20(4)28(40-31)15-32-35(21(5)45-7)19(3)27(39-32)13-25(17)37-29;2*2-1-3/h13-16,21-22,38-39H,9-12H2,1-8H3,(H,41,42)(H,43,44);2*1H,(H2,2,3). The van der Waals surface area contributed by atoms with E-state index in [1.165, 1.54) is 0 Å². The first-order chi connectivity index (χ1) is 24.7. The molecule has 52 heavy (non-hydrogen) atoms. The molecule has 0 radical (unpaired) electrons. The lowest BCUT2D eigenvalue weighted by molar-refractivity contribution is -0.137. The van der Waals surface area contributed by atoms with E-state index in [0.29, 0.717) is 18.5 Å². The molecule has 8 bridgehead atoms. The number of methoxy groups -OCH3 is 2. The summed E-state index contributed by atoms with van der Waals surface area (Å²) in [4.78, 5) is 57.7. The lowest BCUT2D eigenvalue weighted by atomic mass is 9.99. The van der Waals surface area contributed by atoms with Crippen molar-refractivity contribution in [1.29, 1.82) is 0 Å². The summed E-state index contributed by atoms with van der Waals surface area (Å²) in [6, 6.07) is 7.97. The smallest absolute Gasteiger partial charge is 0.303 e. The van der Waals surface area contributed by atoms with E-state index in [0.717, 1.165) is 83.7 Å². The van der Waals surface area contributed by atoms with Crippen molar-refractivity contribution < 1.29 is 38.9 Å². The van der Waals surface area contributed by atoms with E-state index < -0.39 is 11.9 Å². The van der Waals surface area contributed by atoms with Gasteiger partial charge < -0.3 is 41.1 Å². The highest BCUT2D eigenvalue weighted by Crippen LogP contribution is 2.38. The Morgan fingerprint density at radius 2 is 1.17 bits per heavy atom. The lowest BCUT2D eigenvalue weighted by Crippen LogP contribution is -2.07. The van der Waals surface area contributed by atoms with Gasteiger partial charge in [-0.2, -0.15) is 0 Å². The number of fused-ring (bicyclic) bond motifs is 8. The van der Waals surface area contributed by atoms with Gasteiger partial charge in [0, 0.05) is 60.3 Å². The number of rotatable bonds is 10. The second-order valence-corrected chi connectivity index (χ2v) is 12.3. The van der Waals surface area contributed by atoms with Gasteiger partial charge in [-0.25, -0.2) is 9.97 Å². The van der Waals surface area contributed by atoms with Crippen LogP contribution in [0.1, 0.15) is 98.1 Å². The zero-order chi connectivity index (χ0) is 38.9. The number of ether oxygens (including phenoxy) is 2. The number of nitrogens with one attached hydrogen (secondary N) is 2. The van der Waals surface area contributed by atoms with Gasteiger partial charge in [0.15, 0.2) is 0 Å². The maximum atomic E-state index is 11.6. The SMILES string of the molecule is COC(C)C1=C(C)c2cc3[nH]c(cc4nc(cc5[nH]c(cc1n2)c(C)c5CCC(=O)O)C(CCC(=O)O)=C4C)c(C)c3C(C)OC.NC=O.NC=O. The molecule has 2 amide bonds. The predicted molar refractivity (Wildman–Crippen MR) is 201 cm³/mol. The quantitative estimate of drug-likeness (QED) is 0.142. The van der Waals surface area contributed by atoms with E-state index in [1.807, 2.05) is 58.9 Å². The number of aryl methyl sites for hydroxylation is 3. The molecule has 2 unspecified atom stereocenters. The van der Waals surface area contributed by atoms with Gasteiger partial charge in [-0.1, -0.05) is 0 Å². The Labute approximate surface area is 302 Å². The van der Waals surface area contributed by atoms with Crippen LogP contribution >= 0.6 is 0 Å². The highest BCUT2D eigenvalue weighted by Gasteiger charge is 2.24. The maximum absolute atomic E-state index is 11.6. The molecule has 0 aromatic carbocycles. The minimum Gasteiger partial charge on any atom is -0.481 e. The molecule has 3 aromatic heterocycles. The van der Waals surface area contributed by atoms with Crippen LogP contribution in [0, 0.1) is 13.8 Å². The van der Waals surface area contributed by atoms with Crippen LogP contribution in [0.15, 0.2) is 24.3 Å². The van der Waals surface area contributed by atoms with E-state index in [4.69, 9.17) is 29.0 Å². The Balaban J connectivity index is 0.00000114. The number of hydrogen-bond donors (Lipinski definition) is 6. The summed E-state index contributed by atoms with van der Waals surface area (Å²) in [6.07, 6.45) is 0.628. The summed E-state index contributed by atoms with van der Waals surface area (Å²) in [7, 11) is 3.37. The summed E-state index contributed by atoms with van der Waals surface area (Å²) < 4.78 is 11.6. The van der Waals surface area contributed by atoms with Gasteiger partial charge in [-0.3, -0.25) is 19.2 Å². The van der Waals surface area contributed by atoms with Crippen molar-refractivity contribution in [3.05, 3.63) is 69.3 Å². The van der Waals surface area contributed by atoms with Crippen LogP contribution in [0.4, 0.5) is 0 Å². The van der Waals surface area contributed by atoms with Gasteiger partial charge >= 0.3 is 11.9 Å². The van der Waals surface area contributed by atoms with Gasteiger partial charge in [-0.05, 0) is 112 Å². The molecule has 0 saturated heterocycles. The molecule has 2 aliphatic heterocycles. The summed E-state index contributed by atoms with van der Waals surface area (Å²) in [5, 5.41) is 19.1. The van der Waals surface area contributed by atoms with Gasteiger partial charge in [0.25, 0.3) is 0 Å². The average molecular weight is 717 g/mol. The number of carboxylic acids is 2. The molecule has 2 aliphatic rings. The zero-order valence-electron chi connectivity index (χ0n) is 30.8. The third kappa shape index (κ3) is 9.00. The number of aliphatic carboxylic acids is 2. The number of nitrogens with zero attached hydrogens (tertiary/aromatic N) is 2. The van der Waals surface area contributed by atoms with Crippen LogP contribution in [0.5, 0.6) is 0 Å². The Hall–Kier alpha value is -5.60. The summed E-state index contributed by atoms with van der Waals surface area (Å²) in [6.45, 7) is 12.1. The Morgan fingerprint density at radius 3 is 1.75 bits per heavy atom. The third-order valence-corrected chi connectivity index (χ3v) is 9.33. The number of carboxylic acid groups (broad SMARTS) is 2. The van der Waals surface area contributed by atoms with Crippen molar-refractivity contribution in [3.8, 4) is 0 Å². The van der Waals surface area contributed by atoms with E-state index in [-0.39, 0.29) is 37.9 Å². The Bertz CT molecular complexity index is 2070. The molecule has 0 aliphatic carbocycles. The lowest BCUT2D eigenvalue weighted by Gasteiger charge is -2.12. The molecule has 5 rings (SSSR count). The van der Waals surface area contributed by atoms with Crippen molar-refractivity contribution in [1.82, 2.24) is 19.9 Å². The van der Waals surface area contributed by atoms with E-state index in [1.54, 1.807) is 14.2 Å².